The second-order valence-electron chi connectivity index (χ2n) is 10.9. The Morgan fingerprint density at radius 2 is 1.90 bits per heavy atom. The number of nitrogens with zero attached hydrogens (tertiary/aromatic N) is 4. The highest BCUT2D eigenvalue weighted by atomic mass is 35.5. The van der Waals surface area contributed by atoms with E-state index in [-0.39, 0.29) is 17.1 Å². The Morgan fingerprint density at radius 3 is 2.69 bits per heavy atom. The number of morpholine rings is 1. The second-order valence-corrected chi connectivity index (χ2v) is 11.3. The zero-order valence-electron chi connectivity index (χ0n) is 23.4. The van der Waals surface area contributed by atoms with E-state index < -0.39 is 5.82 Å². The number of piperidine rings is 1. The molecular weight excluding hydrogens is 565 g/mol. The first-order valence-corrected chi connectivity index (χ1v) is 14.9. The van der Waals surface area contributed by atoms with Crippen molar-refractivity contribution in [2.24, 2.45) is 0 Å². The van der Waals surface area contributed by atoms with E-state index in [1.807, 2.05) is 12.1 Å². The molecule has 1 N–H and O–H groups in total. The van der Waals surface area contributed by atoms with Gasteiger partial charge in [-0.1, -0.05) is 11.6 Å². The van der Waals surface area contributed by atoms with Gasteiger partial charge in [0.05, 0.1) is 23.2 Å². The first kappa shape index (κ1) is 28.9. The summed E-state index contributed by atoms with van der Waals surface area (Å²) < 4.78 is 37.1. The molecule has 0 aliphatic carbocycles. The van der Waals surface area contributed by atoms with Gasteiger partial charge in [-0.05, 0) is 63.0 Å². The van der Waals surface area contributed by atoms with Gasteiger partial charge in [0.15, 0.2) is 11.5 Å². The summed E-state index contributed by atoms with van der Waals surface area (Å²) in [7, 11) is 0. The maximum Gasteiger partial charge on any atom is 0.320 e. The van der Waals surface area contributed by atoms with Crippen LogP contribution in [0.2, 0.25) is 5.02 Å². The lowest BCUT2D eigenvalue weighted by atomic mass is 10.0. The van der Waals surface area contributed by atoms with Crippen LogP contribution < -0.4 is 14.8 Å². The molecule has 4 heterocycles. The zero-order valence-corrected chi connectivity index (χ0v) is 24.2. The number of anilines is 2. The highest BCUT2D eigenvalue weighted by molar-refractivity contribution is 6.31. The first-order valence-electron chi connectivity index (χ1n) is 14.5. The van der Waals surface area contributed by atoms with Gasteiger partial charge in [-0.3, -0.25) is 14.6 Å². The molecule has 12 heteroatoms. The number of rotatable bonds is 10. The number of esters is 1. The van der Waals surface area contributed by atoms with E-state index in [9.17, 15) is 9.18 Å². The van der Waals surface area contributed by atoms with Crippen molar-refractivity contribution >= 4 is 40.0 Å². The van der Waals surface area contributed by atoms with Crippen molar-refractivity contribution in [1.29, 1.82) is 0 Å². The summed E-state index contributed by atoms with van der Waals surface area (Å²) in [6.07, 6.45) is 5.53. The predicted octanol–water partition coefficient (Wildman–Crippen LogP) is 4.43. The maximum atomic E-state index is 13.7. The van der Waals surface area contributed by atoms with E-state index in [1.165, 1.54) is 18.5 Å². The van der Waals surface area contributed by atoms with Crippen molar-refractivity contribution in [3.8, 4) is 11.5 Å². The Bertz CT molecular complexity index is 1400. The van der Waals surface area contributed by atoms with Crippen molar-refractivity contribution in [3.05, 3.63) is 47.5 Å². The Balaban J connectivity index is 1.13. The average molecular weight is 600 g/mol. The summed E-state index contributed by atoms with van der Waals surface area (Å²) in [4.78, 5) is 25.2. The molecule has 0 bridgehead atoms. The number of benzene rings is 2. The van der Waals surface area contributed by atoms with Crippen LogP contribution in [0.4, 0.5) is 15.9 Å². The summed E-state index contributed by atoms with van der Waals surface area (Å²) in [6, 6.07) is 8.59. The predicted molar refractivity (Wildman–Crippen MR) is 156 cm³/mol. The van der Waals surface area contributed by atoms with Crippen LogP contribution in [0.5, 0.6) is 11.5 Å². The topological polar surface area (TPSA) is 98.3 Å². The summed E-state index contributed by atoms with van der Waals surface area (Å²) in [5.41, 5.74) is 1.29. The number of carbonyl (C=O) groups excluding carboxylic acids is 1. The van der Waals surface area contributed by atoms with E-state index in [2.05, 4.69) is 25.1 Å². The van der Waals surface area contributed by atoms with Crippen LogP contribution in [0.15, 0.2) is 36.7 Å². The Kier molecular flexibility index (Phi) is 9.18. The van der Waals surface area contributed by atoms with Crippen LogP contribution in [-0.2, 0) is 14.3 Å². The average Bonchev–Trinajstić information content (AvgIpc) is 3.52. The second kappa shape index (κ2) is 13.4. The summed E-state index contributed by atoms with van der Waals surface area (Å²) in [6.45, 7) is 6.03. The fourth-order valence-corrected chi connectivity index (χ4v) is 5.91. The van der Waals surface area contributed by atoms with E-state index >= 15 is 0 Å². The van der Waals surface area contributed by atoms with Crippen LogP contribution in [0.1, 0.15) is 25.7 Å². The summed E-state index contributed by atoms with van der Waals surface area (Å²) in [5, 5.41) is 3.97. The monoisotopic (exact) mass is 599 g/mol. The maximum absolute atomic E-state index is 13.7. The van der Waals surface area contributed by atoms with Crippen LogP contribution in [0.3, 0.4) is 0 Å². The molecule has 3 saturated heterocycles. The Morgan fingerprint density at radius 1 is 1.05 bits per heavy atom. The van der Waals surface area contributed by atoms with E-state index in [0.717, 1.165) is 63.9 Å². The van der Waals surface area contributed by atoms with E-state index in [0.29, 0.717) is 60.9 Å². The van der Waals surface area contributed by atoms with Gasteiger partial charge in [0, 0.05) is 42.9 Å². The number of halogens is 2. The molecule has 3 aromatic rings. The third-order valence-electron chi connectivity index (χ3n) is 8.04. The molecule has 0 radical (unpaired) electrons. The molecule has 0 amide bonds. The third kappa shape index (κ3) is 7.03. The van der Waals surface area contributed by atoms with Gasteiger partial charge in [0.1, 0.15) is 37.8 Å². The lowest BCUT2D eigenvalue weighted by molar-refractivity contribution is -0.152. The number of carbonyl (C=O) groups is 1. The van der Waals surface area contributed by atoms with Gasteiger partial charge in [0.2, 0.25) is 0 Å². The molecule has 1 aromatic heterocycles. The number of ether oxygens (including phenoxy) is 4. The molecule has 224 valence electrons. The van der Waals surface area contributed by atoms with Gasteiger partial charge in [-0.25, -0.2) is 14.4 Å². The minimum absolute atomic E-state index is 0.0232. The summed E-state index contributed by atoms with van der Waals surface area (Å²) in [5.74, 6) is 1.12. The minimum Gasteiger partial charge on any atom is -0.488 e. The number of aromatic nitrogens is 2. The smallest absolute Gasteiger partial charge is 0.320 e. The number of nitrogens with one attached hydrogen (secondary N) is 1. The van der Waals surface area contributed by atoms with Crippen LogP contribution >= 0.6 is 11.6 Å². The van der Waals surface area contributed by atoms with Crippen molar-refractivity contribution in [2.45, 2.75) is 37.8 Å². The van der Waals surface area contributed by atoms with E-state index in [4.69, 9.17) is 30.5 Å². The highest BCUT2D eigenvalue weighted by Gasteiger charge is 2.28. The quantitative estimate of drug-likeness (QED) is 0.337. The fourth-order valence-electron chi connectivity index (χ4n) is 5.73. The van der Waals surface area contributed by atoms with Crippen molar-refractivity contribution in [1.82, 2.24) is 19.8 Å². The SMILES string of the molecule is O=C1CN(C2CCN(CCOc3cc4ncnc(Nc5ccc(F)c(Cl)c5)c4cc3OCC3CCCO3)CC2)CCO1. The molecule has 3 fully saturated rings. The Labute approximate surface area is 249 Å². The highest BCUT2D eigenvalue weighted by Crippen LogP contribution is 2.36. The largest absolute Gasteiger partial charge is 0.488 e. The fraction of sp³-hybridized carbons (Fsp3) is 0.500. The normalized spacial score (nSPS) is 20.5. The van der Waals surface area contributed by atoms with E-state index in [1.54, 1.807) is 6.07 Å². The molecule has 1 atom stereocenters. The number of hydrogen-bond acceptors (Lipinski definition) is 10. The van der Waals surface area contributed by atoms with Gasteiger partial charge in [-0.2, -0.15) is 0 Å². The van der Waals surface area contributed by atoms with Crippen LogP contribution in [-0.4, -0.2) is 97.0 Å². The van der Waals surface area contributed by atoms with Crippen molar-refractivity contribution in [3.63, 3.8) is 0 Å². The number of hydrogen-bond donors (Lipinski definition) is 1. The molecule has 0 spiro atoms. The number of fused-ring (bicyclic) bond motifs is 1. The Hall–Kier alpha value is -3.25. The first-order chi connectivity index (χ1) is 20.5. The zero-order chi connectivity index (χ0) is 28.9. The molecule has 42 heavy (non-hydrogen) atoms. The molecule has 2 aromatic carbocycles. The molecular formula is C30H35ClFN5O5. The molecule has 1 unspecified atom stereocenters. The molecule has 3 aliphatic heterocycles. The lowest BCUT2D eigenvalue weighted by Crippen LogP contribution is -2.50. The molecule has 3 aliphatic rings. The van der Waals surface area contributed by atoms with Crippen molar-refractivity contribution in [2.75, 3.05) is 64.5 Å². The minimum atomic E-state index is -0.487. The summed E-state index contributed by atoms with van der Waals surface area (Å²) >= 11 is 5.98. The van der Waals surface area contributed by atoms with Crippen LogP contribution in [0, 0.1) is 5.82 Å². The van der Waals surface area contributed by atoms with Gasteiger partial charge in [0.25, 0.3) is 0 Å². The van der Waals surface area contributed by atoms with Crippen molar-refractivity contribution < 1.29 is 28.1 Å². The van der Waals surface area contributed by atoms with Crippen LogP contribution in [0.25, 0.3) is 10.9 Å². The molecule has 6 rings (SSSR count). The van der Waals surface area contributed by atoms with Gasteiger partial charge < -0.3 is 24.3 Å². The third-order valence-corrected chi connectivity index (χ3v) is 8.33. The standard InChI is InChI=1S/C30H35ClFN5O5/c31-24-14-20(3-4-25(24)32)35-30-23-15-27(42-18-22-2-1-11-39-22)28(16-26(23)33-19-34-30)40-12-9-36-7-5-21(6-8-36)37-10-13-41-29(38)17-37/h3-4,14-16,19,21-22H,1-2,5-13,17-18H2,(H,33,34,35). The molecule has 0 saturated carbocycles. The van der Waals surface area contributed by atoms with Gasteiger partial charge >= 0.3 is 5.97 Å². The lowest BCUT2D eigenvalue weighted by Gasteiger charge is -2.39. The molecule has 10 nitrogen and oxygen atoms in total. The number of likely N-dealkylation sites (tertiary alicyclic amines) is 1. The number of cyclic esters (lactones) is 1. The van der Waals surface area contributed by atoms with Gasteiger partial charge in [-0.15, -0.1) is 0 Å².